The van der Waals surface area contributed by atoms with Gasteiger partial charge in [0.15, 0.2) is 0 Å². The largest absolute Gasteiger partial charge is 0.489 e. The molecule has 0 saturated heterocycles. The first-order valence-corrected chi connectivity index (χ1v) is 9.21. The first-order valence-electron chi connectivity index (χ1n) is 9.21. The molecule has 0 aliphatic heterocycles. The maximum absolute atomic E-state index is 13.1. The van der Waals surface area contributed by atoms with Crippen LogP contribution in [-0.2, 0) is 9.47 Å². The summed E-state index contributed by atoms with van der Waals surface area (Å²) in [6.07, 6.45) is -0.194. The molecule has 1 amide bonds. The monoisotopic (exact) mass is 406 g/mol. The van der Waals surface area contributed by atoms with Crippen LogP contribution in [0.5, 0.6) is 11.6 Å². The van der Waals surface area contributed by atoms with E-state index in [2.05, 4.69) is 10.3 Å². The number of carbonyl (C=O) groups excluding carboxylic acids is 1. The minimum Gasteiger partial charge on any atom is -0.489 e. The van der Waals surface area contributed by atoms with E-state index in [9.17, 15) is 9.18 Å². The number of nitrogens with zero attached hydrogens (tertiary/aromatic N) is 1. The van der Waals surface area contributed by atoms with E-state index in [1.807, 2.05) is 6.07 Å². The number of alkyl carbamates (subject to hydrolysis) is 1. The average molecular weight is 406 g/mol. The SMILES string of the molecule is COCCOc1ccc2cc(OC/C(=C/F)CNC(=O)OC(C)(C)C)ccc2n1. The summed E-state index contributed by atoms with van der Waals surface area (Å²) in [6, 6.07) is 8.97. The second-order valence-corrected chi connectivity index (χ2v) is 7.26. The molecule has 0 radical (unpaired) electrons. The van der Waals surface area contributed by atoms with E-state index in [-0.39, 0.29) is 18.7 Å². The molecule has 2 rings (SSSR count). The van der Waals surface area contributed by atoms with Crippen molar-refractivity contribution in [2.75, 3.05) is 33.5 Å². The summed E-state index contributed by atoms with van der Waals surface area (Å²) >= 11 is 0. The highest BCUT2D eigenvalue weighted by molar-refractivity contribution is 5.80. The lowest BCUT2D eigenvalue weighted by Crippen LogP contribution is -2.34. The number of aromatic nitrogens is 1. The Bertz CT molecular complexity index is 849. The first-order chi connectivity index (χ1) is 13.8. The van der Waals surface area contributed by atoms with Crippen molar-refractivity contribution in [3.63, 3.8) is 0 Å². The molecule has 8 heteroatoms. The molecule has 2 aromatic rings. The minimum atomic E-state index is -0.617. The standard InChI is InChI=1S/C21H27FN2O5/c1-21(2,3)29-20(25)23-13-15(12-22)14-28-17-6-7-18-16(11-17)5-8-19(24-18)27-10-9-26-4/h5-8,11-12H,9-10,13-14H2,1-4H3,(H,23,25)/b15-12+. The van der Waals surface area contributed by atoms with Gasteiger partial charge in [0, 0.05) is 30.7 Å². The fourth-order valence-corrected chi connectivity index (χ4v) is 2.28. The third-order valence-corrected chi connectivity index (χ3v) is 3.61. The van der Waals surface area contributed by atoms with Gasteiger partial charge in [-0.25, -0.2) is 14.2 Å². The Morgan fingerprint density at radius 3 is 2.66 bits per heavy atom. The van der Waals surface area contributed by atoms with Crippen LogP contribution in [0.2, 0.25) is 0 Å². The van der Waals surface area contributed by atoms with Crippen LogP contribution in [0.3, 0.4) is 0 Å². The number of hydrogen-bond donors (Lipinski definition) is 1. The summed E-state index contributed by atoms with van der Waals surface area (Å²) in [5.74, 6) is 1.07. The molecule has 0 spiro atoms. The highest BCUT2D eigenvalue weighted by Gasteiger charge is 2.16. The quantitative estimate of drug-likeness (QED) is 0.634. The molecule has 7 nitrogen and oxygen atoms in total. The van der Waals surface area contributed by atoms with E-state index in [1.165, 1.54) is 0 Å². The fraction of sp³-hybridized carbons (Fsp3) is 0.429. The summed E-state index contributed by atoms with van der Waals surface area (Å²) in [5.41, 5.74) is 0.407. The maximum Gasteiger partial charge on any atom is 0.407 e. The number of halogens is 1. The van der Waals surface area contributed by atoms with Gasteiger partial charge in [0.1, 0.15) is 24.6 Å². The van der Waals surface area contributed by atoms with Crippen LogP contribution in [0.25, 0.3) is 10.9 Å². The van der Waals surface area contributed by atoms with Gasteiger partial charge in [-0.3, -0.25) is 0 Å². The highest BCUT2D eigenvalue weighted by atomic mass is 19.1. The molecular weight excluding hydrogens is 379 g/mol. The Morgan fingerprint density at radius 1 is 1.17 bits per heavy atom. The molecule has 29 heavy (non-hydrogen) atoms. The summed E-state index contributed by atoms with van der Waals surface area (Å²) in [6.45, 7) is 6.15. The summed E-state index contributed by atoms with van der Waals surface area (Å²) < 4.78 is 34.3. The number of pyridine rings is 1. The van der Waals surface area contributed by atoms with Crippen LogP contribution in [0.4, 0.5) is 9.18 Å². The van der Waals surface area contributed by atoms with Crippen molar-refractivity contribution >= 4 is 17.0 Å². The Labute approximate surface area is 169 Å². The predicted octanol–water partition coefficient (Wildman–Crippen LogP) is 4.02. The van der Waals surface area contributed by atoms with Gasteiger partial charge in [-0.15, -0.1) is 0 Å². The lowest BCUT2D eigenvalue weighted by molar-refractivity contribution is 0.0531. The first kappa shape index (κ1) is 22.4. The smallest absolute Gasteiger partial charge is 0.407 e. The summed E-state index contributed by atoms with van der Waals surface area (Å²) in [5, 5.41) is 3.36. The second-order valence-electron chi connectivity index (χ2n) is 7.26. The molecule has 1 heterocycles. The number of benzene rings is 1. The van der Waals surface area contributed by atoms with Crippen molar-refractivity contribution in [2.24, 2.45) is 0 Å². The zero-order valence-corrected chi connectivity index (χ0v) is 17.2. The van der Waals surface area contributed by atoms with Crippen LogP contribution in [-0.4, -0.2) is 50.2 Å². The van der Waals surface area contributed by atoms with Gasteiger partial charge in [0.25, 0.3) is 0 Å². The van der Waals surface area contributed by atoms with Gasteiger partial charge in [0.05, 0.1) is 18.5 Å². The van der Waals surface area contributed by atoms with Crippen LogP contribution < -0.4 is 14.8 Å². The topological polar surface area (TPSA) is 78.9 Å². The maximum atomic E-state index is 13.1. The van der Waals surface area contributed by atoms with Crippen molar-refractivity contribution in [1.29, 1.82) is 0 Å². The van der Waals surface area contributed by atoms with Gasteiger partial charge in [-0.2, -0.15) is 0 Å². The van der Waals surface area contributed by atoms with Crippen LogP contribution in [0.15, 0.2) is 42.2 Å². The molecule has 1 N–H and O–H groups in total. The van der Waals surface area contributed by atoms with Crippen molar-refractivity contribution in [3.05, 3.63) is 42.2 Å². The number of fused-ring (bicyclic) bond motifs is 1. The van der Waals surface area contributed by atoms with Crippen molar-refractivity contribution in [1.82, 2.24) is 10.3 Å². The average Bonchev–Trinajstić information content (AvgIpc) is 2.67. The van der Waals surface area contributed by atoms with Gasteiger partial charge in [-0.1, -0.05) is 0 Å². The van der Waals surface area contributed by atoms with E-state index >= 15 is 0 Å². The second kappa shape index (κ2) is 10.6. The van der Waals surface area contributed by atoms with Crippen LogP contribution in [0.1, 0.15) is 20.8 Å². The summed E-state index contributed by atoms with van der Waals surface area (Å²) in [4.78, 5) is 16.1. The molecule has 158 valence electrons. The molecular formula is C21H27FN2O5. The number of hydrogen-bond acceptors (Lipinski definition) is 6. The van der Waals surface area contributed by atoms with E-state index in [4.69, 9.17) is 18.9 Å². The zero-order valence-electron chi connectivity index (χ0n) is 17.2. The number of nitrogens with one attached hydrogen (secondary N) is 1. The van der Waals surface area contributed by atoms with E-state index in [0.29, 0.717) is 31.2 Å². The lowest BCUT2D eigenvalue weighted by atomic mass is 10.2. The number of ether oxygens (including phenoxy) is 4. The summed E-state index contributed by atoms with van der Waals surface area (Å²) in [7, 11) is 1.61. The lowest BCUT2D eigenvalue weighted by Gasteiger charge is -2.20. The van der Waals surface area contributed by atoms with Crippen molar-refractivity contribution < 1.29 is 28.1 Å². The number of carbonyl (C=O) groups is 1. The van der Waals surface area contributed by atoms with E-state index in [1.54, 1.807) is 52.1 Å². The molecule has 0 atom stereocenters. The van der Waals surface area contributed by atoms with Gasteiger partial charge < -0.3 is 24.3 Å². The Morgan fingerprint density at radius 2 is 1.97 bits per heavy atom. The van der Waals surface area contributed by atoms with Crippen LogP contribution in [0, 0.1) is 0 Å². The molecule has 1 aromatic carbocycles. The predicted molar refractivity (Wildman–Crippen MR) is 108 cm³/mol. The van der Waals surface area contributed by atoms with Crippen LogP contribution >= 0.6 is 0 Å². The molecule has 0 fully saturated rings. The molecule has 0 aliphatic carbocycles. The number of methoxy groups -OCH3 is 1. The molecule has 0 unspecified atom stereocenters. The van der Waals surface area contributed by atoms with E-state index < -0.39 is 11.7 Å². The highest BCUT2D eigenvalue weighted by Crippen LogP contribution is 2.22. The fourth-order valence-electron chi connectivity index (χ4n) is 2.28. The normalized spacial score (nSPS) is 12.0. The van der Waals surface area contributed by atoms with E-state index in [0.717, 1.165) is 10.9 Å². The number of rotatable bonds is 9. The Balaban J connectivity index is 1.90. The van der Waals surface area contributed by atoms with Crippen molar-refractivity contribution in [3.8, 4) is 11.6 Å². The molecule has 0 bridgehead atoms. The third kappa shape index (κ3) is 7.95. The number of amides is 1. The van der Waals surface area contributed by atoms with Crippen molar-refractivity contribution in [2.45, 2.75) is 26.4 Å². The third-order valence-electron chi connectivity index (χ3n) is 3.61. The van der Waals surface area contributed by atoms with Gasteiger partial charge in [0.2, 0.25) is 5.88 Å². The molecule has 0 aliphatic rings. The van der Waals surface area contributed by atoms with Gasteiger partial charge >= 0.3 is 6.09 Å². The minimum absolute atomic E-state index is 0.0105. The Hall–Kier alpha value is -2.87. The molecule has 1 aromatic heterocycles. The Kier molecular flexibility index (Phi) is 8.21. The van der Waals surface area contributed by atoms with Gasteiger partial charge in [-0.05, 0) is 45.0 Å². The zero-order chi connectivity index (χ0) is 21.3. The molecule has 0 saturated carbocycles.